The van der Waals surface area contributed by atoms with Crippen LogP contribution in [0.5, 0.6) is 0 Å². The van der Waals surface area contributed by atoms with Gasteiger partial charge in [-0.2, -0.15) is 0 Å². The molecule has 1 unspecified atom stereocenters. The molecule has 0 spiro atoms. The first-order valence-corrected chi connectivity index (χ1v) is 2.77. The molecule has 0 aliphatic heterocycles. The third-order valence-corrected chi connectivity index (χ3v) is 1.08. The summed E-state index contributed by atoms with van der Waals surface area (Å²) in [5, 5.41) is 8.10. The van der Waals surface area contributed by atoms with Crippen molar-refractivity contribution in [3.63, 3.8) is 0 Å². The fourth-order valence-corrected chi connectivity index (χ4v) is 0.467. The minimum absolute atomic E-state index is 0.188. The highest BCUT2D eigenvalue weighted by atomic mass is 16.5. The number of hydrogen-bond donors (Lipinski definition) is 2. The summed E-state index contributed by atoms with van der Waals surface area (Å²) in [5.41, 5.74) is 1.56. The Bertz CT molecular complexity index is 112. The van der Waals surface area contributed by atoms with Gasteiger partial charge in [-0.3, -0.25) is 10.0 Å². The Morgan fingerprint density at radius 2 is 2.56 bits per heavy atom. The Hall–Kier alpha value is -0.830. The third kappa shape index (κ3) is 2.87. The quantitative estimate of drug-likeness (QED) is 0.335. The van der Waals surface area contributed by atoms with Crippen LogP contribution >= 0.6 is 0 Å². The van der Waals surface area contributed by atoms with Crippen LogP contribution in [0.4, 0.5) is 0 Å². The second-order valence-corrected chi connectivity index (χ2v) is 1.90. The average Bonchev–Trinajstić information content (AvgIpc) is 1.87. The van der Waals surface area contributed by atoms with Crippen LogP contribution in [0.2, 0.25) is 0 Å². The molecule has 0 radical (unpaired) electrons. The lowest BCUT2D eigenvalue weighted by molar-refractivity contribution is -0.132. The zero-order chi connectivity index (χ0) is 7.28. The summed E-state index contributed by atoms with van der Waals surface area (Å²) < 4.78 is 0. The maximum Gasteiger partial charge on any atom is 0.246 e. The summed E-state index contributed by atoms with van der Waals surface area (Å²) in [4.78, 5) is 10.5. The molecule has 52 valence electrons. The average molecular weight is 129 g/mol. The molecule has 1 atom stereocenters. The van der Waals surface area contributed by atoms with Crippen molar-refractivity contribution in [3.05, 3.63) is 12.7 Å². The number of carbonyl (C=O) groups is 1. The third-order valence-electron chi connectivity index (χ3n) is 1.08. The van der Waals surface area contributed by atoms with E-state index >= 15 is 0 Å². The van der Waals surface area contributed by atoms with E-state index in [1.165, 1.54) is 0 Å². The Morgan fingerprint density at radius 1 is 2.00 bits per heavy atom. The molecule has 0 fully saturated rings. The normalized spacial score (nSPS) is 12.2. The Kier molecular flexibility index (Phi) is 3.71. The van der Waals surface area contributed by atoms with Crippen LogP contribution in [-0.4, -0.2) is 11.1 Å². The van der Waals surface area contributed by atoms with Crippen LogP contribution < -0.4 is 5.48 Å². The van der Waals surface area contributed by atoms with Gasteiger partial charge < -0.3 is 0 Å². The molecule has 1 amide bonds. The van der Waals surface area contributed by atoms with Gasteiger partial charge in [-0.05, 0) is 6.42 Å². The summed E-state index contributed by atoms with van der Waals surface area (Å²) >= 11 is 0. The smallest absolute Gasteiger partial charge is 0.246 e. The van der Waals surface area contributed by atoms with Gasteiger partial charge in [0.15, 0.2) is 0 Å². The molecule has 0 heterocycles. The molecule has 0 saturated heterocycles. The SMILES string of the molecule is C=CCC(C)C(=O)NO. The first-order chi connectivity index (χ1) is 4.22. The van der Waals surface area contributed by atoms with Gasteiger partial charge in [-0.1, -0.05) is 13.0 Å². The molecule has 0 aromatic rings. The molecular formula is C6H11NO2. The lowest BCUT2D eigenvalue weighted by Crippen LogP contribution is -2.25. The van der Waals surface area contributed by atoms with E-state index in [1.807, 2.05) is 0 Å². The van der Waals surface area contributed by atoms with Crippen LogP contribution in [0.25, 0.3) is 0 Å². The van der Waals surface area contributed by atoms with E-state index in [2.05, 4.69) is 6.58 Å². The zero-order valence-electron chi connectivity index (χ0n) is 5.42. The van der Waals surface area contributed by atoms with Crippen LogP contribution in [-0.2, 0) is 4.79 Å². The lowest BCUT2D eigenvalue weighted by atomic mass is 10.1. The standard InChI is InChI=1S/C6H11NO2/c1-3-4-5(2)6(8)7-9/h3,5,9H,1,4H2,2H3,(H,7,8). The van der Waals surface area contributed by atoms with Gasteiger partial charge >= 0.3 is 0 Å². The van der Waals surface area contributed by atoms with E-state index in [4.69, 9.17) is 5.21 Å². The summed E-state index contributed by atoms with van der Waals surface area (Å²) in [6.45, 7) is 5.17. The highest BCUT2D eigenvalue weighted by molar-refractivity contribution is 5.77. The van der Waals surface area contributed by atoms with Crippen molar-refractivity contribution in [2.75, 3.05) is 0 Å². The van der Waals surface area contributed by atoms with Crippen LogP contribution in [0, 0.1) is 5.92 Å². The summed E-state index contributed by atoms with van der Waals surface area (Å²) in [6.07, 6.45) is 2.23. The van der Waals surface area contributed by atoms with Crippen molar-refractivity contribution in [1.82, 2.24) is 5.48 Å². The Morgan fingerprint density at radius 3 is 2.89 bits per heavy atom. The molecule has 3 nitrogen and oxygen atoms in total. The number of nitrogens with one attached hydrogen (secondary N) is 1. The molecule has 0 aliphatic rings. The van der Waals surface area contributed by atoms with Gasteiger partial charge in [0.25, 0.3) is 0 Å². The Labute approximate surface area is 54.3 Å². The van der Waals surface area contributed by atoms with Crippen molar-refractivity contribution in [1.29, 1.82) is 0 Å². The van der Waals surface area contributed by atoms with Gasteiger partial charge in [-0.25, -0.2) is 5.48 Å². The Balaban J connectivity index is 3.58. The summed E-state index contributed by atoms with van der Waals surface area (Å²) in [6, 6.07) is 0. The predicted octanol–water partition coefficient (Wildman–Crippen LogP) is 0.704. The number of carbonyl (C=O) groups excluding carboxylic acids is 1. The number of hydroxylamine groups is 1. The van der Waals surface area contributed by atoms with E-state index in [9.17, 15) is 4.79 Å². The minimum Gasteiger partial charge on any atom is -0.289 e. The van der Waals surface area contributed by atoms with E-state index in [0.717, 1.165) is 0 Å². The van der Waals surface area contributed by atoms with Crippen molar-refractivity contribution >= 4 is 5.91 Å². The number of amides is 1. The maximum atomic E-state index is 10.5. The minimum atomic E-state index is -0.366. The molecule has 2 N–H and O–H groups in total. The maximum absolute atomic E-state index is 10.5. The molecule has 9 heavy (non-hydrogen) atoms. The summed E-state index contributed by atoms with van der Waals surface area (Å²) in [7, 11) is 0. The molecule has 0 bridgehead atoms. The van der Waals surface area contributed by atoms with Crippen LogP contribution in [0.3, 0.4) is 0 Å². The molecule has 0 saturated carbocycles. The fraction of sp³-hybridized carbons (Fsp3) is 0.500. The van der Waals surface area contributed by atoms with E-state index in [1.54, 1.807) is 18.5 Å². The van der Waals surface area contributed by atoms with Crippen LogP contribution in [0.1, 0.15) is 13.3 Å². The second kappa shape index (κ2) is 4.09. The van der Waals surface area contributed by atoms with Crippen LogP contribution in [0.15, 0.2) is 12.7 Å². The molecule has 0 aromatic carbocycles. The lowest BCUT2D eigenvalue weighted by Gasteiger charge is -2.03. The topological polar surface area (TPSA) is 49.3 Å². The van der Waals surface area contributed by atoms with Gasteiger partial charge in [0.1, 0.15) is 0 Å². The molecular weight excluding hydrogens is 118 g/mol. The van der Waals surface area contributed by atoms with Crippen molar-refractivity contribution < 1.29 is 10.0 Å². The first-order valence-electron chi connectivity index (χ1n) is 2.77. The monoisotopic (exact) mass is 129 g/mol. The largest absolute Gasteiger partial charge is 0.289 e. The molecule has 0 rings (SSSR count). The second-order valence-electron chi connectivity index (χ2n) is 1.90. The van der Waals surface area contributed by atoms with E-state index in [-0.39, 0.29) is 11.8 Å². The predicted molar refractivity (Wildman–Crippen MR) is 33.9 cm³/mol. The van der Waals surface area contributed by atoms with Gasteiger partial charge in [0.05, 0.1) is 0 Å². The van der Waals surface area contributed by atoms with Gasteiger partial charge in [0.2, 0.25) is 5.91 Å². The van der Waals surface area contributed by atoms with Gasteiger partial charge in [-0.15, -0.1) is 6.58 Å². The zero-order valence-corrected chi connectivity index (χ0v) is 5.42. The number of allylic oxidation sites excluding steroid dienone is 1. The number of hydrogen-bond acceptors (Lipinski definition) is 2. The first kappa shape index (κ1) is 8.17. The van der Waals surface area contributed by atoms with Crippen molar-refractivity contribution in [2.45, 2.75) is 13.3 Å². The molecule has 3 heteroatoms. The van der Waals surface area contributed by atoms with Crippen molar-refractivity contribution in [3.8, 4) is 0 Å². The number of rotatable bonds is 3. The highest BCUT2D eigenvalue weighted by Crippen LogP contribution is 2.00. The van der Waals surface area contributed by atoms with E-state index < -0.39 is 0 Å². The van der Waals surface area contributed by atoms with Crippen molar-refractivity contribution in [2.24, 2.45) is 5.92 Å². The molecule has 0 aliphatic carbocycles. The fourth-order valence-electron chi connectivity index (χ4n) is 0.467. The van der Waals surface area contributed by atoms with E-state index in [0.29, 0.717) is 6.42 Å². The summed E-state index contributed by atoms with van der Waals surface area (Å²) in [5.74, 6) is -0.553. The highest BCUT2D eigenvalue weighted by Gasteiger charge is 2.07. The molecule has 0 aromatic heterocycles. The van der Waals surface area contributed by atoms with Gasteiger partial charge in [0, 0.05) is 5.92 Å².